The van der Waals surface area contributed by atoms with Crippen molar-refractivity contribution in [2.45, 2.75) is 31.7 Å². The number of carbonyl (C=O) groups excluding carboxylic acids is 1. The fourth-order valence-corrected chi connectivity index (χ4v) is 3.93. The lowest BCUT2D eigenvalue weighted by Crippen LogP contribution is -2.47. The molecule has 1 saturated heterocycles. The number of nitrogens with zero attached hydrogens (tertiary/aromatic N) is 2. The van der Waals surface area contributed by atoms with E-state index in [1.54, 1.807) is 12.3 Å². The van der Waals surface area contributed by atoms with Crippen LogP contribution in [0.25, 0.3) is 0 Å². The number of benzene rings is 1. The van der Waals surface area contributed by atoms with Gasteiger partial charge in [-0.3, -0.25) is 9.69 Å². The minimum Gasteiger partial charge on any atom is -0.301 e. The first-order valence-corrected chi connectivity index (χ1v) is 9.15. The summed E-state index contributed by atoms with van der Waals surface area (Å²) < 4.78 is 13.3. The molecule has 0 radical (unpaired) electrons. The number of nitrogens with one attached hydrogen (secondary N) is 1. The summed E-state index contributed by atoms with van der Waals surface area (Å²) in [4.78, 5) is 19.9. The third-order valence-corrected chi connectivity index (χ3v) is 5.17. The van der Waals surface area contributed by atoms with Gasteiger partial charge < -0.3 is 5.32 Å². The number of thiazole rings is 1. The second-order valence-electron chi connectivity index (χ2n) is 6.11. The van der Waals surface area contributed by atoms with Crippen LogP contribution in [0.15, 0.2) is 30.5 Å². The number of aromatic nitrogens is 1. The number of hydrogen-bond donors (Lipinski definition) is 1. The number of amides is 1. The number of halogens is 1. The predicted molar refractivity (Wildman–Crippen MR) is 98.0 cm³/mol. The van der Waals surface area contributed by atoms with Gasteiger partial charge in [0.15, 0.2) is 5.13 Å². The third-order valence-electron chi connectivity index (χ3n) is 4.26. The molecule has 4 nitrogen and oxygen atoms in total. The van der Waals surface area contributed by atoms with Gasteiger partial charge in [0.1, 0.15) is 5.82 Å². The first kappa shape index (κ1) is 17.6. The van der Waals surface area contributed by atoms with Crippen LogP contribution < -0.4 is 5.32 Å². The maximum absolute atomic E-state index is 13.3. The van der Waals surface area contributed by atoms with Crippen LogP contribution in [0, 0.1) is 18.2 Å². The highest BCUT2D eigenvalue weighted by Crippen LogP contribution is 2.23. The Kier molecular flexibility index (Phi) is 5.79. The van der Waals surface area contributed by atoms with E-state index in [0.29, 0.717) is 18.1 Å². The quantitative estimate of drug-likeness (QED) is 0.835. The zero-order valence-electron chi connectivity index (χ0n) is 13.9. The van der Waals surface area contributed by atoms with Gasteiger partial charge in [-0.15, -0.1) is 17.8 Å². The normalized spacial score (nSPS) is 17.8. The Hall–Kier alpha value is -2.23. The van der Waals surface area contributed by atoms with E-state index in [1.807, 2.05) is 11.0 Å². The molecule has 1 aromatic carbocycles. The molecule has 0 saturated carbocycles. The Labute approximate surface area is 151 Å². The van der Waals surface area contributed by atoms with Crippen LogP contribution in [-0.4, -0.2) is 34.9 Å². The topological polar surface area (TPSA) is 45.2 Å². The maximum atomic E-state index is 13.3. The molecule has 1 aliphatic rings. The molecule has 1 fully saturated rings. The second-order valence-corrected chi connectivity index (χ2v) is 7.23. The number of piperidine rings is 1. The van der Waals surface area contributed by atoms with E-state index in [9.17, 15) is 9.18 Å². The van der Waals surface area contributed by atoms with E-state index >= 15 is 0 Å². The molecular weight excluding hydrogens is 337 g/mol. The van der Waals surface area contributed by atoms with Crippen LogP contribution in [0.1, 0.15) is 29.7 Å². The van der Waals surface area contributed by atoms with Crippen LogP contribution >= 0.6 is 11.3 Å². The molecule has 25 heavy (non-hydrogen) atoms. The molecule has 1 unspecified atom stereocenters. The molecule has 130 valence electrons. The van der Waals surface area contributed by atoms with E-state index in [1.165, 1.54) is 23.5 Å². The Morgan fingerprint density at radius 3 is 3.16 bits per heavy atom. The zero-order chi connectivity index (χ0) is 17.6. The summed E-state index contributed by atoms with van der Waals surface area (Å²) in [7, 11) is 0. The first-order valence-electron chi connectivity index (χ1n) is 8.33. The molecule has 1 amide bonds. The molecule has 2 heterocycles. The molecule has 1 aromatic heterocycles. The molecule has 2 aromatic rings. The van der Waals surface area contributed by atoms with Crippen molar-refractivity contribution in [2.75, 3.05) is 18.4 Å². The number of terminal acetylenes is 1. The fourth-order valence-electron chi connectivity index (χ4n) is 3.08. The van der Waals surface area contributed by atoms with Crippen LogP contribution in [0.3, 0.4) is 0 Å². The SMILES string of the molecule is C#CCN1CCCCC1C(=O)Nc1ncc(Cc2cccc(F)c2)s1. The Morgan fingerprint density at radius 1 is 1.48 bits per heavy atom. The lowest BCUT2D eigenvalue weighted by molar-refractivity contribution is -0.122. The maximum Gasteiger partial charge on any atom is 0.243 e. The summed E-state index contributed by atoms with van der Waals surface area (Å²) in [6.45, 7) is 1.34. The Balaban J connectivity index is 1.62. The van der Waals surface area contributed by atoms with E-state index in [2.05, 4.69) is 16.2 Å². The van der Waals surface area contributed by atoms with E-state index in [4.69, 9.17) is 6.42 Å². The number of likely N-dealkylation sites (tertiary alicyclic amines) is 1. The summed E-state index contributed by atoms with van der Waals surface area (Å²) in [5, 5.41) is 3.47. The van der Waals surface area contributed by atoms with E-state index in [-0.39, 0.29) is 17.8 Å². The summed E-state index contributed by atoms with van der Waals surface area (Å²) in [5.74, 6) is 2.32. The molecule has 3 rings (SSSR count). The van der Waals surface area contributed by atoms with Crippen LogP contribution in [0.5, 0.6) is 0 Å². The molecule has 1 N–H and O–H groups in total. The highest BCUT2D eigenvalue weighted by molar-refractivity contribution is 7.15. The average Bonchev–Trinajstić information content (AvgIpc) is 3.02. The Morgan fingerprint density at radius 2 is 2.36 bits per heavy atom. The molecule has 1 aliphatic heterocycles. The fraction of sp³-hybridized carbons (Fsp3) is 0.368. The Bertz CT molecular complexity index is 783. The standard InChI is InChI=1S/C19H20FN3OS/c1-2-9-23-10-4-3-8-17(23)18(24)22-19-21-13-16(25-19)12-14-6-5-7-15(20)11-14/h1,5-7,11,13,17H,3-4,8-10,12H2,(H,21,22,24). The van der Waals surface area contributed by atoms with Gasteiger partial charge in [-0.25, -0.2) is 9.37 Å². The first-order chi connectivity index (χ1) is 12.2. The number of anilines is 1. The summed E-state index contributed by atoms with van der Waals surface area (Å²) >= 11 is 1.42. The van der Waals surface area contributed by atoms with Crippen molar-refractivity contribution >= 4 is 22.4 Å². The monoisotopic (exact) mass is 357 g/mol. The largest absolute Gasteiger partial charge is 0.301 e. The van der Waals surface area contributed by atoms with Gasteiger partial charge in [0, 0.05) is 17.5 Å². The van der Waals surface area contributed by atoms with Crippen molar-refractivity contribution in [1.82, 2.24) is 9.88 Å². The van der Waals surface area contributed by atoms with Crippen LogP contribution in [0.2, 0.25) is 0 Å². The van der Waals surface area contributed by atoms with E-state index < -0.39 is 0 Å². The summed E-state index contributed by atoms with van der Waals surface area (Å²) in [6, 6.07) is 6.31. The number of hydrogen-bond acceptors (Lipinski definition) is 4. The summed E-state index contributed by atoms with van der Waals surface area (Å²) in [6.07, 6.45) is 10.6. The van der Waals surface area contributed by atoms with Crippen molar-refractivity contribution in [2.24, 2.45) is 0 Å². The van der Waals surface area contributed by atoms with Crippen molar-refractivity contribution in [1.29, 1.82) is 0 Å². The van der Waals surface area contributed by atoms with E-state index in [0.717, 1.165) is 36.2 Å². The van der Waals surface area contributed by atoms with Gasteiger partial charge in [0.25, 0.3) is 0 Å². The molecular formula is C19H20FN3OS. The molecule has 0 bridgehead atoms. The third kappa shape index (κ3) is 4.65. The zero-order valence-corrected chi connectivity index (χ0v) is 14.7. The van der Waals surface area contributed by atoms with Gasteiger partial charge in [-0.2, -0.15) is 0 Å². The average molecular weight is 357 g/mol. The lowest BCUT2D eigenvalue weighted by Gasteiger charge is -2.32. The van der Waals surface area contributed by atoms with Crippen molar-refractivity contribution in [3.63, 3.8) is 0 Å². The summed E-state index contributed by atoms with van der Waals surface area (Å²) in [5.41, 5.74) is 0.883. The van der Waals surface area contributed by atoms with Crippen LogP contribution in [0.4, 0.5) is 9.52 Å². The smallest absolute Gasteiger partial charge is 0.243 e. The highest BCUT2D eigenvalue weighted by atomic mass is 32.1. The highest BCUT2D eigenvalue weighted by Gasteiger charge is 2.28. The van der Waals surface area contributed by atoms with Gasteiger partial charge in [-0.1, -0.05) is 24.5 Å². The predicted octanol–water partition coefficient (Wildman–Crippen LogP) is 3.30. The van der Waals surface area contributed by atoms with Crippen molar-refractivity contribution in [3.05, 3.63) is 46.7 Å². The molecule has 0 aliphatic carbocycles. The van der Waals surface area contributed by atoms with Crippen molar-refractivity contribution < 1.29 is 9.18 Å². The van der Waals surface area contributed by atoms with Gasteiger partial charge in [0.2, 0.25) is 5.91 Å². The molecule has 6 heteroatoms. The van der Waals surface area contributed by atoms with Crippen LogP contribution in [-0.2, 0) is 11.2 Å². The molecule has 1 atom stereocenters. The minimum absolute atomic E-state index is 0.0541. The van der Waals surface area contributed by atoms with Gasteiger partial charge >= 0.3 is 0 Å². The van der Waals surface area contributed by atoms with Gasteiger partial charge in [-0.05, 0) is 37.1 Å². The number of rotatable bonds is 5. The minimum atomic E-state index is -0.249. The number of carbonyl (C=O) groups is 1. The molecule has 0 spiro atoms. The second kappa shape index (κ2) is 8.24. The van der Waals surface area contributed by atoms with Gasteiger partial charge in [0.05, 0.1) is 12.6 Å². The van der Waals surface area contributed by atoms with Crippen molar-refractivity contribution in [3.8, 4) is 12.3 Å². The lowest BCUT2D eigenvalue weighted by atomic mass is 10.0.